The van der Waals surface area contributed by atoms with E-state index in [9.17, 15) is 0 Å². The van der Waals surface area contributed by atoms with E-state index in [-0.39, 0.29) is 0 Å². The van der Waals surface area contributed by atoms with Crippen LogP contribution < -0.4 is 0 Å². The minimum absolute atomic E-state index is 0.926. The highest BCUT2D eigenvalue weighted by Gasteiger charge is 2.09. The molecule has 0 aliphatic carbocycles. The van der Waals surface area contributed by atoms with Crippen LogP contribution in [0.15, 0.2) is 42.3 Å². The number of rotatable bonds is 2. The molecule has 2 nitrogen and oxygen atoms in total. The summed E-state index contributed by atoms with van der Waals surface area (Å²) in [5, 5.41) is 10.8. The first-order valence-corrected chi connectivity index (χ1v) is 6.31. The van der Waals surface area contributed by atoms with E-state index in [4.69, 9.17) is 0 Å². The van der Waals surface area contributed by atoms with Gasteiger partial charge in [-0.25, -0.2) is 0 Å². The predicted octanol–water partition coefficient (Wildman–Crippen LogP) is 4.32. The summed E-state index contributed by atoms with van der Waals surface area (Å²) >= 11 is 1.76. The Hall–Kier alpha value is -1.87. The molecule has 1 N–H and O–H groups in total. The Labute approximate surface area is 104 Å². The van der Waals surface area contributed by atoms with Crippen LogP contribution in [0.4, 0.5) is 0 Å². The van der Waals surface area contributed by atoms with Gasteiger partial charge in [-0.05, 0) is 24.6 Å². The number of aromatic nitrogens is 2. The van der Waals surface area contributed by atoms with Crippen LogP contribution in [0.2, 0.25) is 0 Å². The van der Waals surface area contributed by atoms with Crippen molar-refractivity contribution in [1.29, 1.82) is 0 Å². The van der Waals surface area contributed by atoms with Crippen molar-refractivity contribution >= 4 is 27.0 Å². The van der Waals surface area contributed by atoms with Crippen LogP contribution in [0, 0.1) is 0 Å². The highest BCUT2D eigenvalue weighted by atomic mass is 32.1. The minimum Gasteiger partial charge on any atom is -0.277 e. The molecule has 2 aromatic heterocycles. The SMILES string of the molecule is C=C(C)c1cc(-c2csc3ccccc23)[nH]n1. The van der Waals surface area contributed by atoms with Gasteiger partial charge in [-0.2, -0.15) is 5.10 Å². The average molecular weight is 240 g/mol. The number of nitrogens with zero attached hydrogens (tertiary/aromatic N) is 1. The van der Waals surface area contributed by atoms with Crippen LogP contribution in [-0.2, 0) is 0 Å². The van der Waals surface area contributed by atoms with Crippen LogP contribution in [-0.4, -0.2) is 10.2 Å². The largest absolute Gasteiger partial charge is 0.277 e. The van der Waals surface area contributed by atoms with E-state index in [1.807, 2.05) is 6.92 Å². The number of nitrogens with one attached hydrogen (secondary N) is 1. The lowest BCUT2D eigenvalue weighted by Crippen LogP contribution is -1.75. The fourth-order valence-electron chi connectivity index (χ4n) is 1.86. The van der Waals surface area contributed by atoms with Gasteiger partial charge in [0.05, 0.1) is 11.4 Å². The van der Waals surface area contributed by atoms with Gasteiger partial charge in [0.2, 0.25) is 0 Å². The molecule has 0 spiro atoms. The maximum Gasteiger partial charge on any atom is 0.0878 e. The summed E-state index contributed by atoms with van der Waals surface area (Å²) in [5.41, 5.74) is 4.17. The molecule has 0 bridgehead atoms. The second-order valence-electron chi connectivity index (χ2n) is 4.09. The maximum atomic E-state index is 4.26. The monoisotopic (exact) mass is 240 g/mol. The van der Waals surface area contributed by atoms with Crippen molar-refractivity contribution < 1.29 is 0 Å². The number of H-pyrrole nitrogens is 1. The van der Waals surface area contributed by atoms with Gasteiger partial charge in [-0.3, -0.25) is 5.10 Å². The van der Waals surface area contributed by atoms with Gasteiger partial charge in [-0.1, -0.05) is 24.8 Å². The molecule has 0 saturated heterocycles. The predicted molar refractivity (Wildman–Crippen MR) is 74.1 cm³/mol. The van der Waals surface area contributed by atoms with E-state index in [1.165, 1.54) is 15.6 Å². The number of aromatic amines is 1. The lowest BCUT2D eigenvalue weighted by molar-refractivity contribution is 1.08. The summed E-state index contributed by atoms with van der Waals surface area (Å²) in [4.78, 5) is 0. The molecular weight excluding hydrogens is 228 g/mol. The average Bonchev–Trinajstić information content (AvgIpc) is 2.95. The van der Waals surface area contributed by atoms with Crippen molar-refractivity contribution in [1.82, 2.24) is 10.2 Å². The zero-order chi connectivity index (χ0) is 11.8. The highest BCUT2D eigenvalue weighted by molar-refractivity contribution is 7.17. The molecule has 3 rings (SSSR count). The van der Waals surface area contributed by atoms with Gasteiger partial charge in [0.15, 0.2) is 0 Å². The zero-order valence-corrected chi connectivity index (χ0v) is 10.3. The maximum absolute atomic E-state index is 4.26. The Kier molecular flexibility index (Phi) is 2.34. The van der Waals surface area contributed by atoms with Gasteiger partial charge < -0.3 is 0 Å². The zero-order valence-electron chi connectivity index (χ0n) is 9.53. The quantitative estimate of drug-likeness (QED) is 0.709. The smallest absolute Gasteiger partial charge is 0.0878 e. The third kappa shape index (κ3) is 1.68. The van der Waals surface area contributed by atoms with E-state index in [2.05, 4.69) is 52.5 Å². The topological polar surface area (TPSA) is 28.7 Å². The number of fused-ring (bicyclic) bond motifs is 1. The van der Waals surface area contributed by atoms with Crippen molar-refractivity contribution in [3.8, 4) is 11.3 Å². The van der Waals surface area contributed by atoms with E-state index in [1.54, 1.807) is 11.3 Å². The second-order valence-corrected chi connectivity index (χ2v) is 5.00. The first kappa shape index (κ1) is 10.3. The van der Waals surface area contributed by atoms with Crippen LogP contribution in [0.25, 0.3) is 26.9 Å². The molecule has 0 aliphatic rings. The summed E-state index contributed by atoms with van der Waals surface area (Å²) in [5.74, 6) is 0. The fourth-order valence-corrected chi connectivity index (χ4v) is 2.83. The van der Waals surface area contributed by atoms with Crippen LogP contribution in [0.1, 0.15) is 12.6 Å². The summed E-state index contributed by atoms with van der Waals surface area (Å²) < 4.78 is 1.30. The molecule has 2 heterocycles. The van der Waals surface area contributed by atoms with Crippen LogP contribution >= 0.6 is 11.3 Å². The lowest BCUT2D eigenvalue weighted by Gasteiger charge is -1.94. The van der Waals surface area contributed by atoms with Crippen molar-refractivity contribution in [2.24, 2.45) is 0 Å². The van der Waals surface area contributed by atoms with Gasteiger partial charge in [0, 0.05) is 21.0 Å². The number of hydrogen-bond acceptors (Lipinski definition) is 2. The number of allylic oxidation sites excluding steroid dienone is 1. The summed E-state index contributed by atoms with van der Waals surface area (Å²) in [6, 6.07) is 10.5. The van der Waals surface area contributed by atoms with Gasteiger partial charge in [0.1, 0.15) is 0 Å². The van der Waals surface area contributed by atoms with Crippen LogP contribution in [0.5, 0.6) is 0 Å². The summed E-state index contributed by atoms with van der Waals surface area (Å²) in [6.07, 6.45) is 0. The number of thiophene rings is 1. The molecule has 0 radical (unpaired) electrons. The molecule has 17 heavy (non-hydrogen) atoms. The highest BCUT2D eigenvalue weighted by Crippen LogP contribution is 2.33. The van der Waals surface area contributed by atoms with E-state index < -0.39 is 0 Å². The summed E-state index contributed by atoms with van der Waals surface area (Å²) in [6.45, 7) is 5.87. The van der Waals surface area contributed by atoms with Crippen molar-refractivity contribution in [2.75, 3.05) is 0 Å². The molecule has 1 aromatic carbocycles. The number of benzene rings is 1. The molecule has 0 amide bonds. The molecule has 0 fully saturated rings. The molecule has 84 valence electrons. The third-order valence-electron chi connectivity index (χ3n) is 2.79. The van der Waals surface area contributed by atoms with E-state index in [0.717, 1.165) is 17.0 Å². The lowest BCUT2D eigenvalue weighted by atomic mass is 10.1. The Morgan fingerprint density at radius 2 is 2.18 bits per heavy atom. The summed E-state index contributed by atoms with van der Waals surface area (Å²) in [7, 11) is 0. The molecule has 0 unspecified atom stereocenters. The molecule has 0 aliphatic heterocycles. The minimum atomic E-state index is 0.926. The molecular formula is C14H12N2S. The standard InChI is InChI=1S/C14H12N2S/c1-9(2)12-7-13(16-15-12)11-8-17-14-6-4-3-5-10(11)14/h3-8H,1H2,2H3,(H,15,16). The molecule has 0 atom stereocenters. The first-order chi connectivity index (χ1) is 8.25. The van der Waals surface area contributed by atoms with Gasteiger partial charge in [0.25, 0.3) is 0 Å². The van der Waals surface area contributed by atoms with E-state index in [0.29, 0.717) is 0 Å². The van der Waals surface area contributed by atoms with Gasteiger partial charge in [-0.15, -0.1) is 11.3 Å². The Morgan fingerprint density at radius 3 is 2.94 bits per heavy atom. The molecule has 3 aromatic rings. The Morgan fingerprint density at radius 1 is 1.35 bits per heavy atom. The van der Waals surface area contributed by atoms with Crippen molar-refractivity contribution in [2.45, 2.75) is 6.92 Å². The first-order valence-electron chi connectivity index (χ1n) is 5.43. The third-order valence-corrected chi connectivity index (χ3v) is 3.75. The van der Waals surface area contributed by atoms with Crippen molar-refractivity contribution in [3.05, 3.63) is 48.0 Å². The molecule has 0 saturated carbocycles. The Balaban J connectivity index is 2.17. The second kappa shape index (κ2) is 3.86. The van der Waals surface area contributed by atoms with E-state index >= 15 is 0 Å². The fraction of sp³-hybridized carbons (Fsp3) is 0.0714. The number of hydrogen-bond donors (Lipinski definition) is 1. The Bertz CT molecular complexity index is 691. The van der Waals surface area contributed by atoms with Crippen molar-refractivity contribution in [3.63, 3.8) is 0 Å². The molecule has 3 heteroatoms. The van der Waals surface area contributed by atoms with Crippen LogP contribution in [0.3, 0.4) is 0 Å². The normalized spacial score (nSPS) is 10.9. The van der Waals surface area contributed by atoms with Gasteiger partial charge >= 0.3 is 0 Å².